The van der Waals surface area contributed by atoms with E-state index >= 15 is 0 Å². The van der Waals surface area contributed by atoms with Crippen molar-refractivity contribution in [3.63, 3.8) is 0 Å². The summed E-state index contributed by atoms with van der Waals surface area (Å²) in [7, 11) is -1.18. The van der Waals surface area contributed by atoms with Crippen molar-refractivity contribution in [2.24, 2.45) is 7.05 Å². The number of nitrogens with two attached hydrogens (primary N) is 1. The average Bonchev–Trinajstić information content (AvgIpc) is 2.77. The predicted octanol–water partition coefficient (Wildman–Crippen LogP) is -1.44. The molecular weight excluding hydrogens is 288 g/mol. The fraction of sp³-hybridized carbons (Fsp3) is 0.600. The topological polar surface area (TPSA) is 117 Å². The van der Waals surface area contributed by atoms with Gasteiger partial charge in [-0.15, -0.1) is 0 Å². The van der Waals surface area contributed by atoms with Gasteiger partial charge in [-0.2, -0.15) is 9.40 Å². The second-order valence-electron chi connectivity index (χ2n) is 4.28. The molecule has 1 aromatic heterocycles. The fourth-order valence-corrected chi connectivity index (χ4v) is 3.65. The van der Waals surface area contributed by atoms with Crippen LogP contribution in [0.1, 0.15) is 0 Å². The molecule has 0 saturated carbocycles. The van der Waals surface area contributed by atoms with Crippen LogP contribution in [-0.2, 0) is 31.3 Å². The second kappa shape index (κ2) is 5.38. The van der Waals surface area contributed by atoms with E-state index in [4.69, 9.17) is 10.5 Å². The standard InChI is InChI=1S/C10H16N4O5S/c1-13-5-8(9(11)12-13)20(16,17)14-3-4-19-6-7(14)10(15)18-2/h5,7H,3-4,6H2,1-2H3,(H2,11,12). The van der Waals surface area contributed by atoms with Crippen LogP contribution in [0.25, 0.3) is 0 Å². The van der Waals surface area contributed by atoms with Crippen LogP contribution < -0.4 is 5.73 Å². The smallest absolute Gasteiger partial charge is 0.326 e. The van der Waals surface area contributed by atoms with Gasteiger partial charge in [0.25, 0.3) is 0 Å². The monoisotopic (exact) mass is 304 g/mol. The Kier molecular flexibility index (Phi) is 3.97. The van der Waals surface area contributed by atoms with E-state index in [-0.39, 0.29) is 30.5 Å². The number of nitrogen functional groups attached to an aromatic ring is 1. The van der Waals surface area contributed by atoms with Crippen LogP contribution in [0.4, 0.5) is 5.82 Å². The van der Waals surface area contributed by atoms with E-state index in [0.717, 1.165) is 4.31 Å². The van der Waals surface area contributed by atoms with Crippen LogP contribution in [-0.4, -0.2) is 61.4 Å². The number of nitrogens with zero attached hydrogens (tertiary/aromatic N) is 3. The highest BCUT2D eigenvalue weighted by atomic mass is 32.2. The number of anilines is 1. The lowest BCUT2D eigenvalue weighted by atomic mass is 10.3. The van der Waals surface area contributed by atoms with Gasteiger partial charge in [-0.05, 0) is 0 Å². The molecule has 0 aromatic carbocycles. The minimum Gasteiger partial charge on any atom is -0.468 e. The molecule has 1 fully saturated rings. The third kappa shape index (κ3) is 2.49. The van der Waals surface area contributed by atoms with Crippen LogP contribution in [0.3, 0.4) is 0 Å². The summed E-state index contributed by atoms with van der Waals surface area (Å²) in [6.07, 6.45) is 1.30. The number of carbonyl (C=O) groups is 1. The summed E-state index contributed by atoms with van der Waals surface area (Å²) in [4.78, 5) is 11.6. The van der Waals surface area contributed by atoms with Gasteiger partial charge in [0.15, 0.2) is 5.82 Å². The van der Waals surface area contributed by atoms with E-state index in [1.165, 1.54) is 18.0 Å². The van der Waals surface area contributed by atoms with Gasteiger partial charge in [-0.3, -0.25) is 9.48 Å². The van der Waals surface area contributed by atoms with Crippen LogP contribution in [0.2, 0.25) is 0 Å². The number of aromatic nitrogens is 2. The molecule has 1 aliphatic rings. The first kappa shape index (κ1) is 14.8. The van der Waals surface area contributed by atoms with Crippen molar-refractivity contribution >= 4 is 21.8 Å². The maximum atomic E-state index is 12.6. The summed E-state index contributed by atoms with van der Waals surface area (Å²) in [5.41, 5.74) is 5.60. The SMILES string of the molecule is COC(=O)C1COCCN1S(=O)(=O)c1cn(C)nc1N. The summed E-state index contributed by atoms with van der Waals surface area (Å²) >= 11 is 0. The lowest BCUT2D eigenvalue weighted by Crippen LogP contribution is -2.52. The highest BCUT2D eigenvalue weighted by molar-refractivity contribution is 7.89. The molecule has 9 nitrogen and oxygen atoms in total. The molecule has 2 N–H and O–H groups in total. The second-order valence-corrected chi connectivity index (χ2v) is 6.14. The Hall–Kier alpha value is -1.65. The van der Waals surface area contributed by atoms with Gasteiger partial charge < -0.3 is 15.2 Å². The molecule has 2 heterocycles. The van der Waals surface area contributed by atoms with Crippen LogP contribution in [0, 0.1) is 0 Å². The van der Waals surface area contributed by atoms with Crippen molar-refractivity contribution in [1.29, 1.82) is 0 Å². The molecule has 2 rings (SSSR count). The first-order valence-electron chi connectivity index (χ1n) is 5.84. The summed E-state index contributed by atoms with van der Waals surface area (Å²) in [5, 5.41) is 3.80. The number of ether oxygens (including phenoxy) is 2. The van der Waals surface area contributed by atoms with Gasteiger partial charge >= 0.3 is 5.97 Å². The van der Waals surface area contributed by atoms with E-state index in [2.05, 4.69) is 9.84 Å². The Bertz CT molecular complexity index is 611. The third-order valence-electron chi connectivity index (χ3n) is 2.96. The van der Waals surface area contributed by atoms with Crippen molar-refractivity contribution in [2.75, 3.05) is 32.6 Å². The van der Waals surface area contributed by atoms with Crippen molar-refractivity contribution in [1.82, 2.24) is 14.1 Å². The van der Waals surface area contributed by atoms with Crippen molar-refractivity contribution < 1.29 is 22.7 Å². The molecular formula is C10H16N4O5S. The quantitative estimate of drug-likeness (QED) is 0.680. The first-order chi connectivity index (χ1) is 9.37. The molecule has 1 unspecified atom stereocenters. The van der Waals surface area contributed by atoms with Gasteiger partial charge in [-0.25, -0.2) is 8.42 Å². The number of methoxy groups -OCH3 is 1. The average molecular weight is 304 g/mol. The molecule has 1 aliphatic heterocycles. The maximum absolute atomic E-state index is 12.6. The summed E-state index contributed by atoms with van der Waals surface area (Å²) in [5.74, 6) is -0.779. The fourth-order valence-electron chi connectivity index (χ4n) is 2.01. The minimum absolute atomic E-state index is 0.0495. The Labute approximate surface area is 116 Å². The summed E-state index contributed by atoms with van der Waals surface area (Å²) in [6, 6.07) is -1.02. The lowest BCUT2D eigenvalue weighted by molar-refractivity contribution is -0.149. The lowest BCUT2D eigenvalue weighted by Gasteiger charge is -2.32. The Balaban J connectivity index is 2.40. The number of rotatable bonds is 3. The van der Waals surface area contributed by atoms with Crippen molar-refractivity contribution in [3.05, 3.63) is 6.20 Å². The molecule has 0 spiro atoms. The van der Waals surface area contributed by atoms with E-state index < -0.39 is 22.0 Å². The maximum Gasteiger partial charge on any atom is 0.326 e. The Morgan fingerprint density at radius 3 is 2.85 bits per heavy atom. The third-order valence-corrected chi connectivity index (χ3v) is 4.89. The number of esters is 1. The number of hydrogen-bond acceptors (Lipinski definition) is 7. The number of hydrogen-bond donors (Lipinski definition) is 1. The van der Waals surface area contributed by atoms with Crippen molar-refractivity contribution in [2.45, 2.75) is 10.9 Å². The van der Waals surface area contributed by atoms with E-state index in [1.807, 2.05) is 0 Å². The van der Waals surface area contributed by atoms with Gasteiger partial charge in [-0.1, -0.05) is 0 Å². The molecule has 0 aliphatic carbocycles. The zero-order valence-electron chi connectivity index (χ0n) is 11.1. The molecule has 10 heteroatoms. The molecule has 0 radical (unpaired) electrons. The normalized spacial score (nSPS) is 20.8. The van der Waals surface area contributed by atoms with Crippen molar-refractivity contribution in [3.8, 4) is 0 Å². The molecule has 112 valence electrons. The van der Waals surface area contributed by atoms with Gasteiger partial charge in [0.05, 0.1) is 20.3 Å². The highest BCUT2D eigenvalue weighted by Crippen LogP contribution is 2.24. The first-order valence-corrected chi connectivity index (χ1v) is 7.28. The number of sulfonamides is 1. The molecule has 0 bridgehead atoms. The van der Waals surface area contributed by atoms with Crippen LogP contribution >= 0.6 is 0 Å². The predicted molar refractivity (Wildman–Crippen MR) is 68.1 cm³/mol. The number of aryl methyl sites for hydroxylation is 1. The van der Waals surface area contributed by atoms with Crippen LogP contribution in [0.15, 0.2) is 11.1 Å². The molecule has 1 saturated heterocycles. The Morgan fingerprint density at radius 2 is 2.30 bits per heavy atom. The largest absolute Gasteiger partial charge is 0.468 e. The zero-order valence-corrected chi connectivity index (χ0v) is 12.0. The highest BCUT2D eigenvalue weighted by Gasteiger charge is 2.40. The Morgan fingerprint density at radius 1 is 1.60 bits per heavy atom. The summed E-state index contributed by atoms with van der Waals surface area (Å²) < 4.78 is 37.3. The molecule has 20 heavy (non-hydrogen) atoms. The van der Waals surface area contributed by atoms with E-state index in [1.54, 1.807) is 7.05 Å². The number of carbonyl (C=O) groups excluding carboxylic acids is 1. The minimum atomic E-state index is -3.93. The molecule has 1 atom stereocenters. The number of morpholine rings is 1. The van der Waals surface area contributed by atoms with Gasteiger partial charge in [0, 0.05) is 19.8 Å². The molecule has 1 aromatic rings. The van der Waals surface area contributed by atoms with Gasteiger partial charge in [0.1, 0.15) is 10.9 Å². The van der Waals surface area contributed by atoms with Gasteiger partial charge in [0.2, 0.25) is 10.0 Å². The van der Waals surface area contributed by atoms with Crippen LogP contribution in [0.5, 0.6) is 0 Å². The van der Waals surface area contributed by atoms with E-state index in [0.29, 0.717) is 0 Å². The summed E-state index contributed by atoms with van der Waals surface area (Å²) in [6.45, 7) is 0.204. The zero-order chi connectivity index (χ0) is 14.9. The molecule has 0 amide bonds. The van der Waals surface area contributed by atoms with E-state index in [9.17, 15) is 13.2 Å².